The van der Waals surface area contributed by atoms with E-state index in [0.29, 0.717) is 6.61 Å². The standard InChI is InChI=1S/C17H16O2/c1-2-19-17(18)13-10-14-8-11-16(12-9-14)15-6-4-3-5-7-15/h3-13H,2H2,1H3/b13-10-. The summed E-state index contributed by atoms with van der Waals surface area (Å²) in [5.74, 6) is -0.311. The lowest BCUT2D eigenvalue weighted by atomic mass is 10.0. The Morgan fingerprint density at radius 2 is 1.63 bits per heavy atom. The summed E-state index contributed by atoms with van der Waals surface area (Å²) < 4.78 is 4.83. The molecule has 0 spiro atoms. The second kappa shape index (κ2) is 6.55. The van der Waals surface area contributed by atoms with Crippen LogP contribution in [0, 0.1) is 0 Å². The highest BCUT2D eigenvalue weighted by Crippen LogP contribution is 2.19. The topological polar surface area (TPSA) is 26.3 Å². The van der Waals surface area contributed by atoms with E-state index in [1.165, 1.54) is 11.6 Å². The third kappa shape index (κ3) is 3.81. The Bertz CT molecular complexity index is 554. The third-order valence-electron chi connectivity index (χ3n) is 2.72. The summed E-state index contributed by atoms with van der Waals surface area (Å²) in [5, 5.41) is 0. The van der Waals surface area contributed by atoms with E-state index >= 15 is 0 Å². The molecule has 2 nitrogen and oxygen atoms in total. The van der Waals surface area contributed by atoms with E-state index in [1.54, 1.807) is 13.0 Å². The van der Waals surface area contributed by atoms with Gasteiger partial charge >= 0.3 is 5.97 Å². The molecule has 0 heterocycles. The lowest BCUT2D eigenvalue weighted by Crippen LogP contribution is -1.98. The third-order valence-corrected chi connectivity index (χ3v) is 2.72. The van der Waals surface area contributed by atoms with E-state index in [-0.39, 0.29) is 5.97 Å². The van der Waals surface area contributed by atoms with E-state index in [0.717, 1.165) is 11.1 Å². The SMILES string of the molecule is CCOC(=O)/C=C\c1ccc(-c2ccccc2)cc1. The summed E-state index contributed by atoms with van der Waals surface area (Å²) in [6, 6.07) is 18.2. The number of ether oxygens (including phenoxy) is 1. The number of esters is 1. The van der Waals surface area contributed by atoms with E-state index in [4.69, 9.17) is 4.74 Å². The molecule has 2 aromatic rings. The van der Waals surface area contributed by atoms with Crippen molar-refractivity contribution in [2.45, 2.75) is 6.92 Å². The molecule has 0 aromatic heterocycles. The minimum absolute atomic E-state index is 0.311. The van der Waals surface area contributed by atoms with E-state index in [2.05, 4.69) is 12.1 Å². The van der Waals surface area contributed by atoms with Gasteiger partial charge in [0.15, 0.2) is 0 Å². The smallest absolute Gasteiger partial charge is 0.330 e. The highest BCUT2D eigenvalue weighted by Gasteiger charge is 1.97. The van der Waals surface area contributed by atoms with Crippen molar-refractivity contribution in [2.24, 2.45) is 0 Å². The maximum atomic E-state index is 11.2. The molecular weight excluding hydrogens is 236 g/mol. The summed E-state index contributed by atoms with van der Waals surface area (Å²) in [7, 11) is 0. The zero-order chi connectivity index (χ0) is 13.5. The van der Waals surface area contributed by atoms with Crippen molar-refractivity contribution in [3.63, 3.8) is 0 Å². The molecule has 0 saturated heterocycles. The van der Waals surface area contributed by atoms with Gasteiger partial charge in [-0.3, -0.25) is 0 Å². The predicted octanol–water partition coefficient (Wildman–Crippen LogP) is 3.93. The first-order valence-corrected chi connectivity index (χ1v) is 6.30. The zero-order valence-corrected chi connectivity index (χ0v) is 10.9. The van der Waals surface area contributed by atoms with Gasteiger partial charge in [-0.25, -0.2) is 4.79 Å². The lowest BCUT2D eigenvalue weighted by molar-refractivity contribution is -0.137. The van der Waals surface area contributed by atoms with Gasteiger partial charge in [-0.2, -0.15) is 0 Å². The van der Waals surface area contributed by atoms with Crippen LogP contribution in [0.15, 0.2) is 60.7 Å². The number of rotatable bonds is 4. The van der Waals surface area contributed by atoms with Gasteiger partial charge in [0.05, 0.1) is 6.61 Å². The van der Waals surface area contributed by atoms with Gasteiger partial charge in [0.2, 0.25) is 0 Å². The molecule has 0 bridgehead atoms. The van der Waals surface area contributed by atoms with E-state index in [9.17, 15) is 4.79 Å². The first-order valence-electron chi connectivity index (χ1n) is 6.30. The Morgan fingerprint density at radius 3 is 2.26 bits per heavy atom. The van der Waals surface area contributed by atoms with Gasteiger partial charge in [0, 0.05) is 6.08 Å². The fraction of sp³-hybridized carbons (Fsp3) is 0.118. The molecular formula is C17H16O2. The van der Waals surface area contributed by atoms with Crippen LogP contribution in [0.5, 0.6) is 0 Å². The quantitative estimate of drug-likeness (QED) is 0.608. The van der Waals surface area contributed by atoms with Gasteiger partial charge in [0.1, 0.15) is 0 Å². The summed E-state index contributed by atoms with van der Waals surface area (Å²) >= 11 is 0. The van der Waals surface area contributed by atoms with Crippen molar-refractivity contribution in [2.75, 3.05) is 6.61 Å². The summed E-state index contributed by atoms with van der Waals surface area (Å²) in [5.41, 5.74) is 3.32. The molecule has 2 aromatic carbocycles. The second-order valence-corrected chi connectivity index (χ2v) is 4.07. The number of carbonyl (C=O) groups excluding carboxylic acids is 1. The van der Waals surface area contributed by atoms with Crippen molar-refractivity contribution in [3.8, 4) is 11.1 Å². The van der Waals surface area contributed by atoms with E-state index < -0.39 is 0 Å². The van der Waals surface area contributed by atoms with Gasteiger partial charge < -0.3 is 4.74 Å². The van der Waals surface area contributed by atoms with Gasteiger partial charge in [-0.05, 0) is 29.7 Å². The minimum Gasteiger partial charge on any atom is -0.463 e. The molecule has 0 amide bonds. The largest absolute Gasteiger partial charge is 0.463 e. The van der Waals surface area contributed by atoms with Crippen LogP contribution in [0.2, 0.25) is 0 Å². The molecule has 0 aliphatic carbocycles. The summed E-state index contributed by atoms with van der Waals surface area (Å²) in [4.78, 5) is 11.2. The maximum Gasteiger partial charge on any atom is 0.330 e. The van der Waals surface area contributed by atoms with Gasteiger partial charge in [-0.15, -0.1) is 0 Å². The molecule has 0 N–H and O–H groups in total. The molecule has 0 atom stereocenters. The molecule has 0 aliphatic rings. The Kier molecular flexibility index (Phi) is 4.51. The van der Waals surface area contributed by atoms with Crippen LogP contribution in [0.3, 0.4) is 0 Å². The van der Waals surface area contributed by atoms with E-state index in [1.807, 2.05) is 42.5 Å². The predicted molar refractivity (Wildman–Crippen MR) is 77.5 cm³/mol. The number of carbonyl (C=O) groups is 1. The second-order valence-electron chi connectivity index (χ2n) is 4.07. The summed E-state index contributed by atoms with van der Waals surface area (Å²) in [6.07, 6.45) is 3.20. The van der Waals surface area contributed by atoms with Crippen LogP contribution in [0.1, 0.15) is 12.5 Å². The first kappa shape index (κ1) is 13.1. The van der Waals surface area contributed by atoms with Crippen molar-refractivity contribution in [3.05, 3.63) is 66.2 Å². The molecule has 19 heavy (non-hydrogen) atoms. The van der Waals surface area contributed by atoms with Crippen LogP contribution in [-0.2, 0) is 9.53 Å². The van der Waals surface area contributed by atoms with Gasteiger partial charge in [0.25, 0.3) is 0 Å². The zero-order valence-electron chi connectivity index (χ0n) is 10.9. The van der Waals surface area contributed by atoms with Crippen molar-refractivity contribution < 1.29 is 9.53 Å². The highest BCUT2D eigenvalue weighted by atomic mass is 16.5. The Morgan fingerprint density at radius 1 is 1.00 bits per heavy atom. The number of benzene rings is 2. The fourth-order valence-electron chi connectivity index (χ4n) is 1.77. The molecule has 0 aliphatic heterocycles. The molecule has 0 radical (unpaired) electrons. The fourth-order valence-corrected chi connectivity index (χ4v) is 1.77. The van der Waals surface area contributed by atoms with Crippen LogP contribution >= 0.6 is 0 Å². The van der Waals surface area contributed by atoms with Crippen LogP contribution in [0.25, 0.3) is 17.2 Å². The average molecular weight is 252 g/mol. The summed E-state index contributed by atoms with van der Waals surface area (Å²) in [6.45, 7) is 2.19. The van der Waals surface area contributed by atoms with Crippen LogP contribution < -0.4 is 0 Å². The van der Waals surface area contributed by atoms with Crippen LogP contribution in [0.4, 0.5) is 0 Å². The lowest BCUT2D eigenvalue weighted by Gasteiger charge is -2.01. The average Bonchev–Trinajstić information content (AvgIpc) is 2.47. The Labute approximate surface area is 113 Å². The maximum absolute atomic E-state index is 11.2. The Balaban J connectivity index is 2.09. The first-order chi connectivity index (χ1) is 9.29. The van der Waals surface area contributed by atoms with Crippen molar-refractivity contribution >= 4 is 12.0 Å². The molecule has 0 unspecified atom stereocenters. The highest BCUT2D eigenvalue weighted by molar-refractivity contribution is 5.87. The molecule has 96 valence electrons. The molecule has 0 saturated carbocycles. The van der Waals surface area contributed by atoms with Crippen LogP contribution in [-0.4, -0.2) is 12.6 Å². The number of hydrogen-bond acceptors (Lipinski definition) is 2. The monoisotopic (exact) mass is 252 g/mol. The van der Waals surface area contributed by atoms with Crippen molar-refractivity contribution in [1.29, 1.82) is 0 Å². The van der Waals surface area contributed by atoms with Crippen molar-refractivity contribution in [1.82, 2.24) is 0 Å². The molecule has 2 rings (SSSR count). The number of hydrogen-bond donors (Lipinski definition) is 0. The molecule has 0 fully saturated rings. The normalized spacial score (nSPS) is 10.6. The Hall–Kier alpha value is -2.35. The minimum atomic E-state index is -0.311. The van der Waals surface area contributed by atoms with Gasteiger partial charge in [-0.1, -0.05) is 54.6 Å². The molecule has 2 heteroatoms.